The quantitative estimate of drug-likeness (QED) is 0.808. The molecule has 5 nitrogen and oxygen atoms in total. The molecule has 23 heavy (non-hydrogen) atoms. The van der Waals surface area contributed by atoms with Crippen LogP contribution in [-0.4, -0.2) is 26.2 Å². The standard InChI is InChI=1S/C15H17ClFNO4S/c1-2-22-15(19)11-5-3-4-6-14(11)23(20,21)18-13-8-7-10(17)9-12(13)16/h5,7-9,14,18H,2-4,6H2,1H3/t14-/m1/s1/i3D2,5D,7D,8D,9D,14D/hD. The molecule has 1 aliphatic rings. The number of halogens is 2. The summed E-state index contributed by atoms with van der Waals surface area (Å²) in [5, 5.41) is -4.07. The fourth-order valence-corrected chi connectivity index (χ4v) is 3.20. The third-order valence-electron chi connectivity index (χ3n) is 2.69. The SMILES string of the molecule is [2H]C1=C(C(=O)OCC)[C@]([2H])(S(=O)(=O)N([2H])c2c([2H])c([2H])c(F)c([2H])c2Cl)CCC1([2H])[2H]. The second-order valence-electron chi connectivity index (χ2n) is 4.24. The lowest BCUT2D eigenvalue weighted by molar-refractivity contribution is -0.138. The van der Waals surface area contributed by atoms with Crippen LogP contribution in [0.15, 0.2) is 29.8 Å². The summed E-state index contributed by atoms with van der Waals surface area (Å²) in [7, 11) is -5.37. The number of allylic oxidation sites excluding steroid dienone is 1. The molecule has 0 bridgehead atoms. The van der Waals surface area contributed by atoms with Gasteiger partial charge in [-0.15, -0.1) is 0 Å². The monoisotopic (exact) mass is 369 g/mol. The summed E-state index contributed by atoms with van der Waals surface area (Å²) in [6.07, 6.45) is -3.97. The molecule has 126 valence electrons. The van der Waals surface area contributed by atoms with E-state index in [1.54, 1.807) is 0 Å². The molecule has 0 amide bonds. The molecule has 1 aromatic carbocycles. The Kier molecular flexibility index (Phi) is 3.06. The summed E-state index contributed by atoms with van der Waals surface area (Å²) >= 11 is 5.76. The highest BCUT2D eigenvalue weighted by Crippen LogP contribution is 2.30. The van der Waals surface area contributed by atoms with Crippen molar-refractivity contribution in [3.63, 3.8) is 0 Å². The largest absolute Gasteiger partial charge is 0.463 e. The molecule has 0 aromatic heterocycles. The Balaban J connectivity index is 2.79. The van der Waals surface area contributed by atoms with E-state index in [4.69, 9.17) is 27.3 Å². The van der Waals surface area contributed by atoms with E-state index >= 15 is 0 Å². The highest BCUT2D eigenvalue weighted by atomic mass is 35.5. The molecule has 0 saturated heterocycles. The third-order valence-corrected chi connectivity index (χ3v) is 4.42. The molecule has 1 aliphatic carbocycles. The molecule has 1 atom stereocenters. The molecule has 0 radical (unpaired) electrons. The lowest BCUT2D eigenvalue weighted by Gasteiger charge is -2.24. The smallest absolute Gasteiger partial charge is 0.335 e. The summed E-state index contributed by atoms with van der Waals surface area (Å²) < 4.78 is 108. The first kappa shape index (κ1) is 9.64. The first-order chi connectivity index (χ1) is 14.1. The van der Waals surface area contributed by atoms with Crippen LogP contribution < -0.4 is 4.72 Å². The molecule has 0 fully saturated rings. The number of hydrogen-bond acceptors (Lipinski definition) is 4. The topological polar surface area (TPSA) is 72.5 Å². The minimum absolute atomic E-state index is 0.273. The molecular formula is C15H17ClFNO4S. The number of esters is 1. The lowest BCUT2D eigenvalue weighted by Crippen LogP contribution is -2.34. The van der Waals surface area contributed by atoms with Gasteiger partial charge in [-0.3, -0.25) is 4.72 Å². The molecule has 8 heteroatoms. The fraction of sp³-hybridized carbons (Fsp3) is 0.400. The highest BCUT2D eigenvalue weighted by molar-refractivity contribution is 7.93. The van der Waals surface area contributed by atoms with Crippen LogP contribution in [0.4, 0.5) is 10.1 Å². The van der Waals surface area contributed by atoms with Crippen molar-refractivity contribution < 1.29 is 33.3 Å². The van der Waals surface area contributed by atoms with Crippen molar-refractivity contribution in [1.29, 1.82) is 0 Å². The van der Waals surface area contributed by atoms with Gasteiger partial charge in [0, 0.05) is 2.74 Å². The van der Waals surface area contributed by atoms with Gasteiger partial charge in [-0.25, -0.2) is 17.6 Å². The Hall–Kier alpha value is -1.60. The van der Waals surface area contributed by atoms with Crippen LogP contribution >= 0.6 is 11.6 Å². The zero-order chi connectivity index (χ0) is 24.1. The second-order valence-corrected chi connectivity index (χ2v) is 6.24. The maximum atomic E-state index is 13.8. The van der Waals surface area contributed by atoms with E-state index in [1.807, 2.05) is 0 Å². The van der Waals surface area contributed by atoms with E-state index in [1.165, 1.54) is 6.92 Å². The van der Waals surface area contributed by atoms with Crippen molar-refractivity contribution >= 4 is 33.3 Å². The van der Waals surface area contributed by atoms with Gasteiger partial charge in [0.1, 0.15) is 11.0 Å². The molecule has 1 aromatic rings. The molecule has 0 heterocycles. The Labute approximate surface area is 150 Å². The number of carbonyl (C=O) groups is 1. The summed E-state index contributed by atoms with van der Waals surface area (Å²) in [5.74, 6) is -2.96. The van der Waals surface area contributed by atoms with Crippen LogP contribution in [0.2, 0.25) is 6.43 Å². The number of rotatable bonds is 5. The van der Waals surface area contributed by atoms with Gasteiger partial charge in [0.05, 0.1) is 29.7 Å². The molecule has 0 saturated carbocycles. The Morgan fingerprint density at radius 2 is 2.43 bits per heavy atom. The maximum Gasteiger partial charge on any atom is 0.335 e. The lowest BCUT2D eigenvalue weighted by atomic mass is 9.99. The first-order valence-electron chi connectivity index (χ1n) is 10.4. The van der Waals surface area contributed by atoms with Crippen molar-refractivity contribution in [2.24, 2.45) is 0 Å². The molecule has 1 N–H and O–H groups in total. The highest BCUT2D eigenvalue weighted by Gasteiger charge is 2.35. The van der Waals surface area contributed by atoms with Crippen LogP contribution in [0.5, 0.6) is 0 Å². The average Bonchev–Trinajstić information content (AvgIpc) is 2.68. The minimum atomic E-state index is -5.37. The van der Waals surface area contributed by atoms with Crippen molar-refractivity contribution in [2.75, 3.05) is 11.3 Å². The Morgan fingerprint density at radius 1 is 1.70 bits per heavy atom. The van der Waals surface area contributed by atoms with E-state index in [2.05, 4.69) is 0 Å². The normalized spacial score (nSPS) is 29.0. The van der Waals surface area contributed by atoms with Crippen LogP contribution in [0.1, 0.15) is 35.7 Å². The van der Waals surface area contributed by atoms with E-state index in [-0.39, 0.29) is 6.61 Å². The second kappa shape index (κ2) is 7.31. The van der Waals surface area contributed by atoms with E-state index in [0.29, 0.717) is 0 Å². The molecule has 0 unspecified atom stereocenters. The van der Waals surface area contributed by atoms with Crippen molar-refractivity contribution in [2.45, 2.75) is 31.4 Å². The Bertz CT molecular complexity index is 1050. The van der Waals surface area contributed by atoms with Gasteiger partial charge in [0.25, 0.3) is 0 Å². The maximum absolute atomic E-state index is 13.8. The zero-order valence-corrected chi connectivity index (χ0v) is 13.4. The number of carbonyl (C=O) groups excluding carboxylic acids is 1. The van der Waals surface area contributed by atoms with E-state index < -0.39 is 91.4 Å². The molecule has 0 spiro atoms. The van der Waals surface area contributed by atoms with Gasteiger partial charge in [0.15, 0.2) is 1.41 Å². The molecular weight excluding hydrogens is 345 g/mol. The summed E-state index contributed by atoms with van der Waals surface area (Å²) in [6, 6.07) is -4.62. The predicted octanol–water partition coefficient (Wildman–Crippen LogP) is 3.26. The number of nitrogens with one attached hydrogen (secondary N) is 1. The third kappa shape index (κ3) is 4.23. The van der Waals surface area contributed by atoms with Crippen LogP contribution in [-0.2, 0) is 19.6 Å². The zero-order valence-electron chi connectivity index (χ0n) is 19.9. The summed E-state index contributed by atoms with van der Waals surface area (Å²) in [6.45, 7) is 1.09. The number of benzene rings is 1. The Morgan fingerprint density at radius 3 is 3.13 bits per heavy atom. The fourth-order valence-electron chi connectivity index (χ4n) is 1.74. The summed E-state index contributed by atoms with van der Waals surface area (Å²) in [5.41, 5.74) is -2.24. The predicted molar refractivity (Wildman–Crippen MR) is 86.3 cm³/mol. The van der Waals surface area contributed by atoms with E-state index in [0.717, 1.165) is 0 Å². The number of anilines is 1. The van der Waals surface area contributed by atoms with Gasteiger partial charge in [0.2, 0.25) is 10.0 Å². The van der Waals surface area contributed by atoms with Crippen molar-refractivity contribution in [1.82, 2.24) is 0 Å². The summed E-state index contributed by atoms with van der Waals surface area (Å²) in [4.78, 5) is 12.4. The minimum Gasteiger partial charge on any atom is -0.463 e. The van der Waals surface area contributed by atoms with E-state index in [9.17, 15) is 17.6 Å². The van der Waals surface area contributed by atoms with Gasteiger partial charge in [-0.1, -0.05) is 17.7 Å². The number of ether oxygens (including phenoxy) is 1. The van der Waals surface area contributed by atoms with Crippen molar-refractivity contribution in [3.8, 4) is 0 Å². The van der Waals surface area contributed by atoms with Gasteiger partial charge in [-0.2, -0.15) is 0 Å². The van der Waals surface area contributed by atoms with Gasteiger partial charge in [-0.05, 0) is 44.3 Å². The van der Waals surface area contributed by atoms with Gasteiger partial charge >= 0.3 is 5.97 Å². The van der Waals surface area contributed by atoms with Crippen molar-refractivity contribution in [3.05, 3.63) is 40.6 Å². The number of hydrogen-bond donors (Lipinski definition) is 1. The average molecular weight is 370 g/mol. The first-order valence-corrected chi connectivity index (χ1v) is 8.25. The molecule has 2 rings (SSSR count). The number of sulfonamides is 1. The molecule has 0 aliphatic heterocycles. The van der Waals surface area contributed by atoms with Crippen LogP contribution in [0.25, 0.3) is 0 Å². The van der Waals surface area contributed by atoms with Crippen LogP contribution in [0, 0.1) is 5.82 Å². The van der Waals surface area contributed by atoms with Gasteiger partial charge < -0.3 is 4.74 Å². The van der Waals surface area contributed by atoms with Crippen LogP contribution in [0.3, 0.4) is 0 Å².